The lowest BCUT2D eigenvalue weighted by molar-refractivity contribution is -0.402. The van der Waals surface area contributed by atoms with Crippen molar-refractivity contribution in [1.29, 1.82) is 0 Å². The van der Waals surface area contributed by atoms with E-state index in [4.69, 9.17) is 14.2 Å². The molecule has 1 rings (SSSR count). The van der Waals surface area contributed by atoms with Gasteiger partial charge in [-0.1, -0.05) is 85.6 Å². The Kier molecular flexibility index (Phi) is 14.1. The highest BCUT2D eigenvalue weighted by molar-refractivity contribution is 9.08. The first-order valence-electron chi connectivity index (χ1n) is 11.2. The van der Waals surface area contributed by atoms with Crippen LogP contribution in [0.4, 0.5) is 0 Å². The van der Waals surface area contributed by atoms with Gasteiger partial charge in [0.25, 0.3) is 5.97 Å². The molecule has 162 valence electrons. The van der Waals surface area contributed by atoms with Gasteiger partial charge in [0.05, 0.1) is 0 Å². The summed E-state index contributed by atoms with van der Waals surface area (Å²) in [5.41, 5.74) is 2.60. The minimum absolute atomic E-state index is 0.174. The number of benzene rings is 1. The Morgan fingerprint density at radius 2 is 1.25 bits per heavy atom. The summed E-state index contributed by atoms with van der Waals surface area (Å²) in [5, 5.41) is 0.884. The third kappa shape index (κ3) is 8.94. The maximum Gasteiger partial charge on any atom is 0.286 e. The van der Waals surface area contributed by atoms with Crippen LogP contribution in [0.1, 0.15) is 83.8 Å². The Morgan fingerprint density at radius 3 is 1.75 bits per heavy atom. The van der Waals surface area contributed by atoms with Gasteiger partial charge >= 0.3 is 0 Å². The van der Waals surface area contributed by atoms with Gasteiger partial charge in [-0.3, -0.25) is 0 Å². The van der Waals surface area contributed by atoms with Gasteiger partial charge in [-0.05, 0) is 44.7 Å². The number of hydrogen-bond donors (Lipinski definition) is 0. The van der Waals surface area contributed by atoms with E-state index in [1.165, 1.54) is 49.7 Å². The molecule has 0 aliphatic heterocycles. The molecule has 0 aliphatic rings. The Morgan fingerprint density at radius 1 is 0.750 bits per heavy atom. The van der Waals surface area contributed by atoms with Crippen LogP contribution in [-0.4, -0.2) is 25.8 Å². The topological polar surface area (TPSA) is 27.7 Å². The molecule has 0 radical (unpaired) electrons. The maximum atomic E-state index is 6.13. The highest BCUT2D eigenvalue weighted by Gasteiger charge is 2.41. The second kappa shape index (κ2) is 15.4. The molecule has 1 unspecified atom stereocenters. The average Bonchev–Trinajstić information content (AvgIpc) is 2.70. The lowest BCUT2D eigenvalue weighted by atomic mass is 9.90. The predicted octanol–water partition coefficient (Wildman–Crippen LogP) is 7.25. The molecule has 1 atom stereocenters. The third-order valence-corrected chi connectivity index (χ3v) is 5.75. The first-order valence-corrected chi connectivity index (χ1v) is 12.3. The summed E-state index contributed by atoms with van der Waals surface area (Å²) in [6, 6.07) is 8.82. The lowest BCUT2D eigenvalue weighted by Gasteiger charge is -2.39. The molecule has 4 heteroatoms. The van der Waals surface area contributed by atoms with Crippen LogP contribution in [-0.2, 0) is 26.0 Å². The van der Waals surface area contributed by atoms with E-state index in [0.717, 1.165) is 18.2 Å². The van der Waals surface area contributed by atoms with Gasteiger partial charge in [0.2, 0.25) is 0 Å². The van der Waals surface area contributed by atoms with E-state index in [9.17, 15) is 0 Å². The van der Waals surface area contributed by atoms with Crippen LogP contribution < -0.4 is 0 Å². The molecular weight excluding hydrogens is 416 g/mol. The van der Waals surface area contributed by atoms with Gasteiger partial charge in [0, 0.05) is 31.1 Å². The zero-order valence-electron chi connectivity index (χ0n) is 18.5. The average molecular weight is 457 g/mol. The molecule has 0 saturated heterocycles. The maximum absolute atomic E-state index is 6.13. The van der Waals surface area contributed by atoms with Crippen LogP contribution >= 0.6 is 15.9 Å². The summed E-state index contributed by atoms with van der Waals surface area (Å²) < 4.78 is 18.4. The van der Waals surface area contributed by atoms with E-state index in [1.54, 1.807) is 0 Å². The van der Waals surface area contributed by atoms with Crippen LogP contribution in [0.25, 0.3) is 0 Å². The van der Waals surface area contributed by atoms with Crippen molar-refractivity contribution in [2.45, 2.75) is 90.4 Å². The molecule has 0 bridgehead atoms. The predicted molar refractivity (Wildman–Crippen MR) is 122 cm³/mol. The summed E-state index contributed by atoms with van der Waals surface area (Å²) in [4.78, 5) is 0. The highest BCUT2D eigenvalue weighted by Crippen LogP contribution is 2.33. The molecule has 1 aromatic rings. The van der Waals surface area contributed by atoms with E-state index in [1.807, 2.05) is 20.8 Å². The van der Waals surface area contributed by atoms with Crippen LogP contribution in [0.2, 0.25) is 0 Å². The number of rotatable bonds is 17. The molecule has 0 amide bonds. The van der Waals surface area contributed by atoms with E-state index >= 15 is 0 Å². The Hall–Kier alpha value is -0.420. The lowest BCUT2D eigenvalue weighted by Crippen LogP contribution is -2.47. The molecule has 28 heavy (non-hydrogen) atoms. The Labute approximate surface area is 181 Å². The largest absolute Gasteiger partial charge is 0.328 e. The van der Waals surface area contributed by atoms with Gasteiger partial charge in [0.1, 0.15) is 0 Å². The second-order valence-electron chi connectivity index (χ2n) is 7.31. The fourth-order valence-corrected chi connectivity index (χ4v) is 4.08. The fourth-order valence-electron chi connectivity index (χ4n) is 3.71. The van der Waals surface area contributed by atoms with Crippen molar-refractivity contribution in [3.63, 3.8) is 0 Å². The van der Waals surface area contributed by atoms with Crippen molar-refractivity contribution in [3.8, 4) is 0 Å². The standard InChI is InChI=1S/C24H41BrO3/c1-5-9-10-11-12-13-14-23(19-21-15-17-22(20-25)18-16-21)24(26-6-2,27-7-3)28-8-4/h15-18,23H,5-14,19-20H2,1-4H3. The Balaban J connectivity index is 2.91. The second-order valence-corrected chi connectivity index (χ2v) is 7.87. The summed E-state index contributed by atoms with van der Waals surface area (Å²) in [7, 11) is 0. The molecule has 0 fully saturated rings. The van der Waals surface area contributed by atoms with Crippen molar-refractivity contribution in [2.75, 3.05) is 19.8 Å². The fraction of sp³-hybridized carbons (Fsp3) is 0.750. The van der Waals surface area contributed by atoms with Crippen LogP contribution in [0, 0.1) is 5.92 Å². The molecule has 0 N–H and O–H groups in total. The smallest absolute Gasteiger partial charge is 0.286 e. The monoisotopic (exact) mass is 456 g/mol. The van der Waals surface area contributed by atoms with Gasteiger partial charge in [-0.2, -0.15) is 0 Å². The van der Waals surface area contributed by atoms with Crippen molar-refractivity contribution < 1.29 is 14.2 Å². The highest BCUT2D eigenvalue weighted by atomic mass is 79.9. The summed E-state index contributed by atoms with van der Waals surface area (Å²) >= 11 is 3.53. The van der Waals surface area contributed by atoms with Crippen molar-refractivity contribution in [3.05, 3.63) is 35.4 Å². The normalized spacial score (nSPS) is 13.0. The minimum Gasteiger partial charge on any atom is -0.328 e. The van der Waals surface area contributed by atoms with E-state index < -0.39 is 5.97 Å². The number of halogens is 1. The molecular formula is C24H41BrO3. The molecule has 1 aromatic carbocycles. The number of alkyl halides is 1. The van der Waals surface area contributed by atoms with Crippen molar-refractivity contribution in [1.82, 2.24) is 0 Å². The third-order valence-electron chi connectivity index (χ3n) is 5.10. The number of hydrogen-bond acceptors (Lipinski definition) is 3. The Bertz CT molecular complexity index is 472. The minimum atomic E-state index is -0.949. The van der Waals surface area contributed by atoms with Gasteiger partial charge < -0.3 is 14.2 Å². The zero-order valence-corrected chi connectivity index (χ0v) is 20.1. The first kappa shape index (κ1) is 25.6. The molecule has 0 saturated carbocycles. The molecule has 0 heterocycles. The summed E-state index contributed by atoms with van der Waals surface area (Å²) in [6.45, 7) is 10.0. The van der Waals surface area contributed by atoms with E-state index in [2.05, 4.69) is 47.1 Å². The summed E-state index contributed by atoms with van der Waals surface area (Å²) in [6.07, 6.45) is 9.67. The molecule has 0 spiro atoms. The van der Waals surface area contributed by atoms with Crippen LogP contribution in [0.15, 0.2) is 24.3 Å². The molecule has 3 nitrogen and oxygen atoms in total. The zero-order chi connectivity index (χ0) is 20.7. The van der Waals surface area contributed by atoms with E-state index in [-0.39, 0.29) is 5.92 Å². The van der Waals surface area contributed by atoms with Gasteiger partial charge in [-0.15, -0.1) is 0 Å². The molecule has 0 aliphatic carbocycles. The van der Waals surface area contributed by atoms with Crippen LogP contribution in [0.3, 0.4) is 0 Å². The van der Waals surface area contributed by atoms with Crippen molar-refractivity contribution in [2.24, 2.45) is 5.92 Å². The van der Waals surface area contributed by atoms with E-state index in [0.29, 0.717) is 19.8 Å². The van der Waals surface area contributed by atoms with Crippen molar-refractivity contribution >= 4 is 15.9 Å². The van der Waals surface area contributed by atoms with Gasteiger partial charge in [0.15, 0.2) is 0 Å². The molecule has 0 aromatic heterocycles. The SMILES string of the molecule is CCCCCCCCC(Cc1ccc(CBr)cc1)C(OCC)(OCC)OCC. The van der Waals surface area contributed by atoms with Gasteiger partial charge in [-0.25, -0.2) is 0 Å². The van der Waals surface area contributed by atoms with Crippen LogP contribution in [0.5, 0.6) is 0 Å². The quantitative estimate of drug-likeness (QED) is 0.140. The number of ether oxygens (including phenoxy) is 3. The summed E-state index contributed by atoms with van der Waals surface area (Å²) in [5.74, 6) is -0.774. The number of unbranched alkanes of at least 4 members (excludes halogenated alkanes) is 5. The first-order chi connectivity index (χ1) is 13.7.